The maximum absolute atomic E-state index is 11.9. The lowest BCUT2D eigenvalue weighted by molar-refractivity contribution is -0.145. The molecule has 0 spiro atoms. The first-order chi connectivity index (χ1) is 7.65. The van der Waals surface area contributed by atoms with Crippen molar-refractivity contribution >= 4 is 11.9 Å². The van der Waals surface area contributed by atoms with E-state index >= 15 is 0 Å². The number of nitrogens with zero attached hydrogens (tertiary/aromatic N) is 2. The largest absolute Gasteiger partial charge is 0.467 e. The van der Waals surface area contributed by atoms with Gasteiger partial charge in [0, 0.05) is 18.3 Å². The van der Waals surface area contributed by atoms with E-state index < -0.39 is 12.0 Å². The van der Waals surface area contributed by atoms with E-state index in [4.69, 9.17) is 0 Å². The molecule has 0 aromatic carbocycles. The van der Waals surface area contributed by atoms with Crippen LogP contribution >= 0.6 is 0 Å². The molecule has 0 aliphatic carbocycles. The summed E-state index contributed by atoms with van der Waals surface area (Å²) in [5, 5.41) is 0. The normalized spacial score (nSPS) is 15.9. The number of carbonyl (C=O) groups excluding carboxylic acids is 2. The van der Waals surface area contributed by atoms with E-state index in [-0.39, 0.29) is 5.91 Å². The number of hydrogen-bond donors (Lipinski definition) is 0. The highest BCUT2D eigenvalue weighted by molar-refractivity contribution is 5.98. The molecule has 5 nitrogen and oxygen atoms in total. The lowest BCUT2D eigenvalue weighted by atomic mass is 10.2. The SMILES string of the molecule is COC(=O)C(C)N1Cc2cccnc2C1=O. The highest BCUT2D eigenvalue weighted by Gasteiger charge is 2.34. The van der Waals surface area contributed by atoms with Crippen LogP contribution in [0, 0.1) is 0 Å². The standard InChI is InChI=1S/C11H12N2O3/c1-7(11(15)16-2)13-6-8-4-3-5-12-9(8)10(13)14/h3-5,7H,6H2,1-2H3. The molecule has 2 rings (SSSR count). The molecule has 5 heteroatoms. The summed E-state index contributed by atoms with van der Waals surface area (Å²) in [7, 11) is 1.31. The molecule has 1 amide bonds. The second-order valence-electron chi connectivity index (χ2n) is 3.64. The van der Waals surface area contributed by atoms with Crippen molar-refractivity contribution in [2.24, 2.45) is 0 Å². The first-order valence-corrected chi connectivity index (χ1v) is 4.98. The third-order valence-corrected chi connectivity index (χ3v) is 2.71. The van der Waals surface area contributed by atoms with Gasteiger partial charge in [-0.2, -0.15) is 0 Å². The third-order valence-electron chi connectivity index (χ3n) is 2.71. The fraction of sp³-hybridized carbons (Fsp3) is 0.364. The Morgan fingerprint density at radius 1 is 1.62 bits per heavy atom. The van der Waals surface area contributed by atoms with E-state index in [2.05, 4.69) is 9.72 Å². The first kappa shape index (κ1) is 10.6. The predicted octanol–water partition coefficient (Wildman–Crippen LogP) is 0.599. The summed E-state index contributed by atoms with van der Waals surface area (Å²) in [5.41, 5.74) is 1.28. The Morgan fingerprint density at radius 2 is 2.38 bits per heavy atom. The Balaban J connectivity index is 2.25. The van der Waals surface area contributed by atoms with Crippen molar-refractivity contribution in [3.63, 3.8) is 0 Å². The maximum atomic E-state index is 11.9. The van der Waals surface area contributed by atoms with Gasteiger partial charge in [0.1, 0.15) is 11.7 Å². The van der Waals surface area contributed by atoms with Gasteiger partial charge >= 0.3 is 5.97 Å². The highest BCUT2D eigenvalue weighted by atomic mass is 16.5. The number of hydrogen-bond acceptors (Lipinski definition) is 4. The summed E-state index contributed by atoms with van der Waals surface area (Å²) >= 11 is 0. The minimum absolute atomic E-state index is 0.214. The third kappa shape index (κ3) is 1.54. The topological polar surface area (TPSA) is 59.5 Å². The smallest absolute Gasteiger partial charge is 0.328 e. The predicted molar refractivity (Wildman–Crippen MR) is 55.6 cm³/mol. The molecule has 0 saturated heterocycles. The summed E-state index contributed by atoms with van der Waals surface area (Å²) < 4.78 is 4.62. The van der Waals surface area contributed by atoms with Crippen LogP contribution in [0.4, 0.5) is 0 Å². The number of methoxy groups -OCH3 is 1. The van der Waals surface area contributed by atoms with Crippen LogP contribution in [0.1, 0.15) is 23.0 Å². The number of esters is 1. The van der Waals surface area contributed by atoms with Gasteiger partial charge in [0.25, 0.3) is 5.91 Å². The van der Waals surface area contributed by atoms with Crippen LogP contribution in [0.2, 0.25) is 0 Å². The van der Waals surface area contributed by atoms with Gasteiger partial charge in [-0.15, -0.1) is 0 Å². The monoisotopic (exact) mass is 220 g/mol. The molecule has 2 heterocycles. The van der Waals surface area contributed by atoms with E-state index in [1.807, 2.05) is 6.07 Å². The molecule has 0 fully saturated rings. The van der Waals surface area contributed by atoms with Gasteiger partial charge in [-0.25, -0.2) is 4.79 Å². The quantitative estimate of drug-likeness (QED) is 0.685. The molecule has 0 bridgehead atoms. The average molecular weight is 220 g/mol. The van der Waals surface area contributed by atoms with Gasteiger partial charge in [-0.3, -0.25) is 9.78 Å². The van der Waals surface area contributed by atoms with Gasteiger partial charge < -0.3 is 9.64 Å². The lowest BCUT2D eigenvalue weighted by Gasteiger charge is -2.21. The van der Waals surface area contributed by atoms with Crippen LogP contribution in [0.5, 0.6) is 0 Å². The Labute approximate surface area is 93.0 Å². The number of amides is 1. The minimum atomic E-state index is -0.577. The number of rotatable bonds is 2. The molecular formula is C11H12N2O3. The molecule has 1 atom stereocenters. The number of pyridine rings is 1. The maximum Gasteiger partial charge on any atom is 0.328 e. The van der Waals surface area contributed by atoms with E-state index in [1.54, 1.807) is 19.2 Å². The van der Waals surface area contributed by atoms with Crippen molar-refractivity contribution in [1.82, 2.24) is 9.88 Å². The molecule has 0 radical (unpaired) electrons. The zero-order chi connectivity index (χ0) is 11.7. The molecule has 0 saturated carbocycles. The van der Waals surface area contributed by atoms with Crippen LogP contribution in [0.3, 0.4) is 0 Å². The van der Waals surface area contributed by atoms with Gasteiger partial charge in [0.15, 0.2) is 0 Å². The molecule has 1 aliphatic rings. The van der Waals surface area contributed by atoms with Crippen molar-refractivity contribution in [2.45, 2.75) is 19.5 Å². The Morgan fingerprint density at radius 3 is 3.00 bits per heavy atom. The van der Waals surface area contributed by atoms with E-state index in [9.17, 15) is 9.59 Å². The summed E-state index contributed by atoms with van der Waals surface area (Å²) in [6, 6.07) is 3.04. The second kappa shape index (κ2) is 3.92. The molecule has 0 N–H and O–H groups in total. The van der Waals surface area contributed by atoms with Gasteiger partial charge in [0.05, 0.1) is 7.11 Å². The summed E-state index contributed by atoms with van der Waals surface area (Å²) in [6.07, 6.45) is 1.57. The highest BCUT2D eigenvalue weighted by Crippen LogP contribution is 2.22. The first-order valence-electron chi connectivity index (χ1n) is 4.98. The summed E-state index contributed by atoms with van der Waals surface area (Å²) in [5.74, 6) is -0.630. The Hall–Kier alpha value is -1.91. The van der Waals surface area contributed by atoms with E-state index in [0.717, 1.165) is 5.56 Å². The molecule has 1 aromatic heterocycles. The summed E-state index contributed by atoms with van der Waals surface area (Å²) in [4.78, 5) is 28.7. The van der Waals surface area contributed by atoms with Crippen molar-refractivity contribution < 1.29 is 14.3 Å². The zero-order valence-corrected chi connectivity index (χ0v) is 9.14. The van der Waals surface area contributed by atoms with Crippen LogP contribution in [-0.2, 0) is 16.1 Å². The number of carbonyl (C=O) groups is 2. The van der Waals surface area contributed by atoms with Crippen molar-refractivity contribution in [2.75, 3.05) is 7.11 Å². The zero-order valence-electron chi connectivity index (χ0n) is 9.14. The second-order valence-corrected chi connectivity index (χ2v) is 3.64. The van der Waals surface area contributed by atoms with Crippen LogP contribution in [0.25, 0.3) is 0 Å². The fourth-order valence-corrected chi connectivity index (χ4v) is 1.76. The van der Waals surface area contributed by atoms with Crippen LogP contribution in [0.15, 0.2) is 18.3 Å². The number of fused-ring (bicyclic) bond motifs is 1. The number of aromatic nitrogens is 1. The Bertz CT molecular complexity index is 445. The summed E-state index contributed by atoms with van der Waals surface area (Å²) in [6.45, 7) is 2.06. The van der Waals surface area contributed by atoms with Crippen LogP contribution in [-0.4, -0.2) is 34.9 Å². The molecule has 1 aromatic rings. The van der Waals surface area contributed by atoms with Crippen LogP contribution < -0.4 is 0 Å². The fourth-order valence-electron chi connectivity index (χ4n) is 1.76. The molecular weight excluding hydrogens is 208 g/mol. The minimum Gasteiger partial charge on any atom is -0.467 e. The van der Waals surface area contributed by atoms with Crippen molar-refractivity contribution in [1.29, 1.82) is 0 Å². The van der Waals surface area contributed by atoms with Crippen molar-refractivity contribution in [3.05, 3.63) is 29.6 Å². The van der Waals surface area contributed by atoms with Gasteiger partial charge in [-0.05, 0) is 13.0 Å². The molecule has 1 aliphatic heterocycles. The lowest BCUT2D eigenvalue weighted by Crippen LogP contribution is -2.39. The van der Waals surface area contributed by atoms with E-state index in [0.29, 0.717) is 12.2 Å². The molecule has 16 heavy (non-hydrogen) atoms. The average Bonchev–Trinajstić information content (AvgIpc) is 2.65. The molecule has 84 valence electrons. The Kier molecular flexibility index (Phi) is 2.60. The van der Waals surface area contributed by atoms with E-state index in [1.165, 1.54) is 12.0 Å². The van der Waals surface area contributed by atoms with Gasteiger partial charge in [0.2, 0.25) is 0 Å². The van der Waals surface area contributed by atoms with Crippen molar-refractivity contribution in [3.8, 4) is 0 Å². The number of ether oxygens (including phenoxy) is 1. The van der Waals surface area contributed by atoms with Gasteiger partial charge in [-0.1, -0.05) is 6.07 Å². The molecule has 1 unspecified atom stereocenters.